The lowest BCUT2D eigenvalue weighted by Crippen LogP contribution is -2.36. The third-order valence-corrected chi connectivity index (χ3v) is 5.58. The van der Waals surface area contributed by atoms with Crippen molar-refractivity contribution < 1.29 is 9.53 Å². The molecule has 1 aliphatic rings. The Hall–Kier alpha value is -3.05. The fraction of sp³-hybridized carbons (Fsp3) is 0.320. The topological polar surface area (TPSA) is 64.1 Å². The minimum atomic E-state index is -0.304. The van der Waals surface area contributed by atoms with E-state index in [9.17, 15) is 4.79 Å². The maximum atomic E-state index is 12.9. The largest absolute Gasteiger partial charge is 0.364 e. The quantitative estimate of drug-likeness (QED) is 0.615. The highest BCUT2D eigenvalue weighted by molar-refractivity contribution is 5.95. The molecule has 1 saturated carbocycles. The normalized spacial score (nSPS) is 14.6. The monoisotopic (exact) mass is 401 g/mol. The molecule has 5 heteroatoms. The highest BCUT2D eigenvalue weighted by Gasteiger charge is 2.20. The van der Waals surface area contributed by atoms with Crippen LogP contribution in [0.3, 0.4) is 0 Å². The summed E-state index contributed by atoms with van der Waals surface area (Å²) in [7, 11) is 0. The third kappa shape index (κ3) is 5.10. The summed E-state index contributed by atoms with van der Waals surface area (Å²) in [6.07, 6.45) is 12.6. The summed E-state index contributed by atoms with van der Waals surface area (Å²) in [5.74, 6) is -0.0135. The predicted molar refractivity (Wildman–Crippen MR) is 116 cm³/mol. The maximum absolute atomic E-state index is 12.9. The molecule has 0 spiro atoms. The zero-order valence-corrected chi connectivity index (χ0v) is 17.0. The molecule has 154 valence electrons. The molecule has 2 heterocycles. The van der Waals surface area contributed by atoms with Gasteiger partial charge in [0.2, 0.25) is 0 Å². The second-order valence-electron chi connectivity index (χ2n) is 7.73. The van der Waals surface area contributed by atoms with Crippen LogP contribution in [0.5, 0.6) is 0 Å². The Morgan fingerprint density at radius 2 is 1.60 bits per heavy atom. The van der Waals surface area contributed by atoms with Gasteiger partial charge in [0.1, 0.15) is 6.10 Å². The summed E-state index contributed by atoms with van der Waals surface area (Å²) in [6.45, 7) is 0.322. The average molecular weight is 402 g/mol. The molecule has 1 aliphatic carbocycles. The van der Waals surface area contributed by atoms with Gasteiger partial charge < -0.3 is 10.1 Å². The van der Waals surface area contributed by atoms with Crippen LogP contribution in [-0.2, 0) is 11.3 Å². The number of pyridine rings is 2. The predicted octanol–water partition coefficient (Wildman–Crippen LogP) is 4.85. The number of nitrogens with zero attached hydrogens (tertiary/aromatic N) is 2. The molecule has 1 amide bonds. The molecule has 0 aliphatic heterocycles. The molecule has 1 fully saturated rings. The van der Waals surface area contributed by atoms with Gasteiger partial charge in [0.05, 0.1) is 6.61 Å². The van der Waals surface area contributed by atoms with Gasteiger partial charge in [-0.1, -0.05) is 49.6 Å². The summed E-state index contributed by atoms with van der Waals surface area (Å²) >= 11 is 0. The van der Waals surface area contributed by atoms with E-state index < -0.39 is 0 Å². The fourth-order valence-corrected chi connectivity index (χ4v) is 4.00. The van der Waals surface area contributed by atoms with Gasteiger partial charge >= 0.3 is 0 Å². The van der Waals surface area contributed by atoms with Crippen molar-refractivity contribution in [2.45, 2.75) is 50.9 Å². The van der Waals surface area contributed by atoms with Crippen LogP contribution in [0.15, 0.2) is 73.3 Å². The number of carbonyl (C=O) groups is 1. The second kappa shape index (κ2) is 10.1. The number of rotatable bonds is 7. The highest BCUT2D eigenvalue weighted by atomic mass is 16.5. The van der Waals surface area contributed by atoms with Crippen LogP contribution in [0.2, 0.25) is 0 Å². The lowest BCUT2D eigenvalue weighted by Gasteiger charge is -2.23. The molecule has 2 aromatic heterocycles. The molecule has 0 bridgehead atoms. The molecule has 0 saturated heterocycles. The van der Waals surface area contributed by atoms with E-state index in [4.69, 9.17) is 4.74 Å². The number of aromatic nitrogens is 2. The number of hydrogen-bond donors (Lipinski definition) is 1. The number of benzene rings is 1. The van der Waals surface area contributed by atoms with E-state index in [1.165, 1.54) is 19.3 Å². The first kappa shape index (κ1) is 20.2. The number of ether oxygens (including phenoxy) is 1. The van der Waals surface area contributed by atoms with E-state index in [1.807, 2.05) is 48.5 Å². The van der Waals surface area contributed by atoms with Gasteiger partial charge in [-0.2, -0.15) is 0 Å². The van der Waals surface area contributed by atoms with Gasteiger partial charge in [0.15, 0.2) is 0 Å². The van der Waals surface area contributed by atoms with Crippen LogP contribution in [0, 0.1) is 0 Å². The Kier molecular flexibility index (Phi) is 6.83. The molecule has 0 radical (unpaired) electrons. The van der Waals surface area contributed by atoms with E-state index in [2.05, 4.69) is 15.3 Å². The minimum Gasteiger partial charge on any atom is -0.364 e. The fourth-order valence-electron chi connectivity index (χ4n) is 4.00. The minimum absolute atomic E-state index is 0.0135. The Morgan fingerprint density at radius 1 is 0.933 bits per heavy atom. The molecule has 5 nitrogen and oxygen atoms in total. The second-order valence-corrected chi connectivity index (χ2v) is 7.73. The number of hydrogen-bond acceptors (Lipinski definition) is 4. The molecule has 1 aromatic carbocycles. The van der Waals surface area contributed by atoms with Crippen LogP contribution in [0.1, 0.15) is 65.3 Å². The first-order chi connectivity index (χ1) is 14.8. The molecule has 1 N–H and O–H groups in total. The standard InChI is InChI=1S/C25H27N3O2/c29-25(28-22-11-2-1-3-12-22)23-13-5-4-8-21(23)18-30-24(19-9-6-14-26-16-19)20-10-7-15-27-17-20/h4-10,13-17,22,24H,1-3,11-12,18H2,(H,28,29). The van der Waals surface area contributed by atoms with E-state index in [1.54, 1.807) is 24.8 Å². The summed E-state index contributed by atoms with van der Waals surface area (Å²) in [5.41, 5.74) is 3.46. The molecular weight excluding hydrogens is 374 g/mol. The average Bonchev–Trinajstić information content (AvgIpc) is 2.81. The van der Waals surface area contributed by atoms with Crippen molar-refractivity contribution in [1.82, 2.24) is 15.3 Å². The van der Waals surface area contributed by atoms with Crippen LogP contribution in [0.25, 0.3) is 0 Å². The van der Waals surface area contributed by atoms with Crippen molar-refractivity contribution in [1.29, 1.82) is 0 Å². The SMILES string of the molecule is O=C(NC1CCCCC1)c1ccccc1COC(c1cccnc1)c1cccnc1. The summed E-state index contributed by atoms with van der Waals surface area (Å²) in [5, 5.41) is 3.21. The van der Waals surface area contributed by atoms with Crippen molar-refractivity contribution in [2.75, 3.05) is 0 Å². The molecular formula is C25H27N3O2. The lowest BCUT2D eigenvalue weighted by atomic mass is 9.95. The summed E-state index contributed by atoms with van der Waals surface area (Å²) in [6, 6.07) is 15.7. The molecule has 0 atom stereocenters. The van der Waals surface area contributed by atoms with E-state index in [-0.39, 0.29) is 18.1 Å². The summed E-state index contributed by atoms with van der Waals surface area (Å²) in [4.78, 5) is 21.4. The van der Waals surface area contributed by atoms with Crippen LogP contribution in [-0.4, -0.2) is 21.9 Å². The van der Waals surface area contributed by atoms with Crippen molar-refractivity contribution in [3.63, 3.8) is 0 Å². The van der Waals surface area contributed by atoms with Gasteiger partial charge in [-0.25, -0.2) is 0 Å². The Labute approximate surface area is 177 Å². The zero-order chi connectivity index (χ0) is 20.6. The van der Waals surface area contributed by atoms with Crippen molar-refractivity contribution in [3.8, 4) is 0 Å². The molecule has 30 heavy (non-hydrogen) atoms. The van der Waals surface area contributed by atoms with E-state index >= 15 is 0 Å². The Bertz CT molecular complexity index is 901. The van der Waals surface area contributed by atoms with Crippen LogP contribution < -0.4 is 5.32 Å². The van der Waals surface area contributed by atoms with E-state index in [0.29, 0.717) is 12.2 Å². The highest BCUT2D eigenvalue weighted by Crippen LogP contribution is 2.27. The first-order valence-corrected chi connectivity index (χ1v) is 10.6. The number of amides is 1. The van der Waals surface area contributed by atoms with Gasteiger partial charge in [-0.05, 0) is 36.6 Å². The first-order valence-electron chi connectivity index (χ1n) is 10.6. The molecule has 3 aromatic rings. The zero-order valence-electron chi connectivity index (χ0n) is 17.0. The van der Waals surface area contributed by atoms with Crippen molar-refractivity contribution in [3.05, 3.63) is 95.6 Å². The number of carbonyl (C=O) groups excluding carboxylic acids is 1. The van der Waals surface area contributed by atoms with Gasteiger partial charge in [0, 0.05) is 47.5 Å². The van der Waals surface area contributed by atoms with Gasteiger partial charge in [-0.3, -0.25) is 14.8 Å². The Morgan fingerprint density at radius 3 is 2.23 bits per heavy atom. The maximum Gasteiger partial charge on any atom is 0.251 e. The van der Waals surface area contributed by atoms with Crippen molar-refractivity contribution in [2.24, 2.45) is 0 Å². The van der Waals surface area contributed by atoms with Crippen LogP contribution in [0.4, 0.5) is 0 Å². The van der Waals surface area contributed by atoms with Gasteiger partial charge in [0.25, 0.3) is 5.91 Å². The lowest BCUT2D eigenvalue weighted by molar-refractivity contribution is 0.0650. The third-order valence-electron chi connectivity index (χ3n) is 5.58. The van der Waals surface area contributed by atoms with Crippen molar-refractivity contribution >= 4 is 5.91 Å². The number of nitrogens with one attached hydrogen (secondary N) is 1. The smallest absolute Gasteiger partial charge is 0.251 e. The van der Waals surface area contributed by atoms with Gasteiger partial charge in [-0.15, -0.1) is 0 Å². The Balaban J connectivity index is 1.51. The molecule has 0 unspecified atom stereocenters. The van der Waals surface area contributed by atoms with Crippen LogP contribution >= 0.6 is 0 Å². The summed E-state index contributed by atoms with van der Waals surface area (Å²) < 4.78 is 6.32. The van der Waals surface area contributed by atoms with E-state index in [0.717, 1.165) is 29.5 Å². The molecule has 4 rings (SSSR count).